The van der Waals surface area contributed by atoms with Crippen LogP contribution in [0.25, 0.3) is 10.4 Å². The Morgan fingerprint density at radius 2 is 1.08 bits per heavy atom. The van der Waals surface area contributed by atoms with Gasteiger partial charge in [0.1, 0.15) is 11.6 Å². The molecule has 2 heterocycles. The molecule has 0 unspecified atom stereocenters. The fourth-order valence-electron chi connectivity index (χ4n) is 8.49. The lowest BCUT2D eigenvalue weighted by Crippen LogP contribution is -2.53. The highest BCUT2D eigenvalue weighted by Crippen LogP contribution is 2.43. The van der Waals surface area contributed by atoms with Crippen molar-refractivity contribution in [2.24, 2.45) is 10.8 Å². The molecule has 2 aliphatic heterocycles. The van der Waals surface area contributed by atoms with Crippen LogP contribution in [0.1, 0.15) is 60.8 Å². The van der Waals surface area contributed by atoms with Gasteiger partial charge < -0.3 is 25.7 Å². The van der Waals surface area contributed by atoms with Crippen molar-refractivity contribution < 1.29 is 19.0 Å². The average Bonchev–Trinajstić information content (AvgIpc) is 3.38. The first-order valence-electron chi connectivity index (χ1n) is 17.8. The maximum atomic E-state index is 13.8. The number of hydrogen-bond donors (Lipinski definition) is 3. The zero-order chi connectivity index (χ0) is 34.8. The molecule has 4 aromatic carbocycles. The molecule has 10 heteroatoms. The van der Waals surface area contributed by atoms with Crippen molar-refractivity contribution in [2.45, 2.75) is 101 Å². The molecule has 6 atom stereocenters. The molecule has 2 saturated carbocycles. The Balaban J connectivity index is 0.000000157. The molecule has 4 aromatic rings. The zero-order valence-electron chi connectivity index (χ0n) is 28.1. The molecule has 8 rings (SSSR count). The number of para-hydroxylation sites is 2. The van der Waals surface area contributed by atoms with Gasteiger partial charge in [-0.25, -0.2) is 8.78 Å². The van der Waals surface area contributed by atoms with E-state index in [1.165, 1.54) is 23.3 Å². The van der Waals surface area contributed by atoms with E-state index in [1.807, 2.05) is 30.3 Å². The number of azide groups is 1. The molecule has 8 nitrogen and oxygen atoms in total. The second kappa shape index (κ2) is 14.8. The van der Waals surface area contributed by atoms with Gasteiger partial charge in [-0.1, -0.05) is 47.9 Å². The highest BCUT2D eigenvalue weighted by Gasteiger charge is 2.39. The molecule has 0 spiro atoms. The van der Waals surface area contributed by atoms with E-state index in [0.717, 1.165) is 91.7 Å². The van der Waals surface area contributed by atoms with Crippen LogP contribution in [-0.4, -0.2) is 46.6 Å². The van der Waals surface area contributed by atoms with Crippen LogP contribution in [-0.2, 0) is 25.7 Å². The van der Waals surface area contributed by atoms with E-state index < -0.39 is 18.2 Å². The highest BCUT2D eigenvalue weighted by atomic mass is 19.1. The van der Waals surface area contributed by atoms with Crippen LogP contribution in [0.3, 0.4) is 0 Å². The van der Waals surface area contributed by atoms with E-state index >= 15 is 0 Å². The van der Waals surface area contributed by atoms with Crippen molar-refractivity contribution in [3.05, 3.63) is 129 Å². The summed E-state index contributed by atoms with van der Waals surface area (Å²) in [5.41, 5.74) is 23.4. The van der Waals surface area contributed by atoms with E-state index in [0.29, 0.717) is 6.42 Å². The lowest BCUT2D eigenvalue weighted by atomic mass is 9.86. The molecule has 0 saturated heterocycles. The number of rotatable bonds is 3. The topological polar surface area (TPSA) is 122 Å². The summed E-state index contributed by atoms with van der Waals surface area (Å²) in [7, 11) is 0. The van der Waals surface area contributed by atoms with Gasteiger partial charge in [0.05, 0.1) is 30.3 Å². The summed E-state index contributed by atoms with van der Waals surface area (Å²) in [5.74, 6) is -0.452. The average molecular weight is 679 g/mol. The Hall–Kier alpha value is -4.47. The summed E-state index contributed by atoms with van der Waals surface area (Å²) in [5, 5.41) is 25.5. The van der Waals surface area contributed by atoms with Gasteiger partial charge in [-0.3, -0.25) is 0 Å². The summed E-state index contributed by atoms with van der Waals surface area (Å²) in [6, 6.07) is 25.4. The van der Waals surface area contributed by atoms with Crippen LogP contribution in [0, 0.1) is 11.6 Å². The molecule has 50 heavy (non-hydrogen) atoms. The monoisotopic (exact) mass is 678 g/mol. The Morgan fingerprint density at radius 3 is 1.62 bits per heavy atom. The van der Waals surface area contributed by atoms with E-state index in [2.05, 4.69) is 44.1 Å². The molecule has 0 amide bonds. The minimum Gasteiger partial charge on any atom is -0.391 e. The minimum absolute atomic E-state index is 0.0720. The summed E-state index contributed by atoms with van der Waals surface area (Å²) in [4.78, 5) is 7.25. The summed E-state index contributed by atoms with van der Waals surface area (Å²) >= 11 is 0. The Morgan fingerprint density at radius 1 is 0.620 bits per heavy atom. The normalized spacial score (nSPS) is 25.6. The molecule has 4 aliphatic rings. The molecule has 4 N–H and O–H groups in total. The van der Waals surface area contributed by atoms with Gasteiger partial charge in [0.2, 0.25) is 0 Å². The molecule has 2 fully saturated rings. The SMILES string of the molecule is N[C@H]1CCC[C@@H](N2c3ccccc3CCc3cc(F)ccc32)[C@@H]1O.[N-]=[N+]=N[C@H]1CCC[C@@H](N2c3ccccc3CCc3cc(F)ccc32)[C@@H]1O. The standard InChI is InChI=1S/C20H21FN4O.C20H23FN2O/c21-15-10-11-18-14(12-15)9-8-13-4-1-2-6-17(13)25(18)19-7-3-5-16(20(19)26)23-24-22;21-15-10-11-18-14(12-15)9-8-13-4-1-2-6-17(13)23(18)19-7-3-5-16(22)20(19)24/h1-2,4,6,10-12,16,19-20,26H,3,5,7-9H2;1-2,4,6,10-12,16,19-20,24H,3,5,7-9,22H2/t2*16-,19+,20+/m00/s1. The molecule has 0 aromatic heterocycles. The van der Waals surface area contributed by atoms with Crippen LogP contribution in [0.15, 0.2) is 90.0 Å². The summed E-state index contributed by atoms with van der Waals surface area (Å²) in [6.45, 7) is 0. The maximum Gasteiger partial charge on any atom is 0.123 e. The third-order valence-electron chi connectivity index (χ3n) is 11.0. The van der Waals surface area contributed by atoms with Gasteiger partial charge in [0.15, 0.2) is 0 Å². The number of halogens is 2. The van der Waals surface area contributed by atoms with E-state index in [1.54, 1.807) is 18.2 Å². The Kier molecular flexibility index (Phi) is 10.1. The van der Waals surface area contributed by atoms with E-state index in [4.69, 9.17) is 11.3 Å². The number of nitrogens with zero attached hydrogens (tertiary/aromatic N) is 5. The fraction of sp³-hybridized carbons (Fsp3) is 0.400. The van der Waals surface area contributed by atoms with Crippen molar-refractivity contribution in [2.75, 3.05) is 9.80 Å². The number of aryl methyl sites for hydroxylation is 4. The molecule has 2 aliphatic carbocycles. The number of benzene rings is 4. The van der Waals surface area contributed by atoms with Crippen molar-refractivity contribution >= 4 is 22.7 Å². The minimum atomic E-state index is -0.760. The number of aliphatic hydroxyl groups is 2. The second-order valence-electron chi connectivity index (χ2n) is 14.0. The zero-order valence-corrected chi connectivity index (χ0v) is 28.1. The smallest absolute Gasteiger partial charge is 0.123 e. The lowest BCUT2D eigenvalue weighted by molar-refractivity contribution is 0.0877. The van der Waals surface area contributed by atoms with Gasteiger partial charge in [-0.05, 0) is 134 Å². The first-order chi connectivity index (χ1) is 24.3. The lowest BCUT2D eigenvalue weighted by Gasteiger charge is -2.42. The van der Waals surface area contributed by atoms with Gasteiger partial charge >= 0.3 is 0 Å². The number of hydrogen-bond acceptors (Lipinski definition) is 6. The van der Waals surface area contributed by atoms with Crippen molar-refractivity contribution in [3.8, 4) is 0 Å². The summed E-state index contributed by atoms with van der Waals surface area (Å²) in [6.07, 6.45) is 7.01. The molecule has 0 bridgehead atoms. The van der Waals surface area contributed by atoms with Gasteiger partial charge in [-0.2, -0.15) is 0 Å². The van der Waals surface area contributed by atoms with Gasteiger partial charge in [0.25, 0.3) is 0 Å². The number of aliphatic hydroxyl groups excluding tert-OH is 2. The van der Waals surface area contributed by atoms with Crippen LogP contribution >= 0.6 is 0 Å². The van der Waals surface area contributed by atoms with Crippen LogP contribution in [0.2, 0.25) is 0 Å². The van der Waals surface area contributed by atoms with Gasteiger partial charge in [-0.15, -0.1) is 0 Å². The molecule has 260 valence electrons. The van der Waals surface area contributed by atoms with E-state index in [9.17, 15) is 19.0 Å². The largest absolute Gasteiger partial charge is 0.391 e. The quantitative estimate of drug-likeness (QED) is 0.115. The van der Waals surface area contributed by atoms with Crippen LogP contribution in [0.5, 0.6) is 0 Å². The van der Waals surface area contributed by atoms with Gasteiger partial charge in [0, 0.05) is 33.7 Å². The first-order valence-corrected chi connectivity index (χ1v) is 17.8. The number of anilines is 4. The summed E-state index contributed by atoms with van der Waals surface area (Å²) < 4.78 is 27.6. The number of nitrogens with two attached hydrogens (primary N) is 1. The van der Waals surface area contributed by atoms with Crippen molar-refractivity contribution in [1.29, 1.82) is 0 Å². The predicted octanol–water partition coefficient (Wildman–Crippen LogP) is 7.96. The third kappa shape index (κ3) is 6.68. The fourth-order valence-corrected chi connectivity index (χ4v) is 8.49. The third-order valence-corrected chi connectivity index (χ3v) is 11.0. The first kappa shape index (κ1) is 34.0. The maximum absolute atomic E-state index is 13.8. The molecule has 0 radical (unpaired) electrons. The molecular weight excluding hydrogens is 634 g/mol. The Bertz CT molecular complexity index is 1880. The second-order valence-corrected chi connectivity index (χ2v) is 14.0. The Labute approximate surface area is 291 Å². The van der Waals surface area contributed by atoms with Crippen LogP contribution in [0.4, 0.5) is 31.5 Å². The number of fused-ring (bicyclic) bond motifs is 4. The van der Waals surface area contributed by atoms with E-state index in [-0.39, 0.29) is 29.8 Å². The van der Waals surface area contributed by atoms with Crippen LogP contribution < -0.4 is 15.5 Å². The van der Waals surface area contributed by atoms with Crippen molar-refractivity contribution in [1.82, 2.24) is 0 Å². The van der Waals surface area contributed by atoms with Crippen molar-refractivity contribution in [3.63, 3.8) is 0 Å². The predicted molar refractivity (Wildman–Crippen MR) is 193 cm³/mol. The highest BCUT2D eigenvalue weighted by molar-refractivity contribution is 5.73. The molecular formula is C40H44F2N6O2.